The van der Waals surface area contributed by atoms with Gasteiger partial charge in [0.15, 0.2) is 0 Å². The van der Waals surface area contributed by atoms with Crippen molar-refractivity contribution >= 4 is 17.7 Å². The maximum atomic E-state index is 14.7. The number of ether oxygens (including phenoxy) is 1. The van der Waals surface area contributed by atoms with Crippen LogP contribution in [0.1, 0.15) is 64.9 Å². The van der Waals surface area contributed by atoms with Crippen molar-refractivity contribution in [2.45, 2.75) is 95.2 Å². The molecule has 1 aromatic rings. The summed E-state index contributed by atoms with van der Waals surface area (Å²) >= 11 is 0. The molecular weight excluding hydrogens is 530 g/mol. The molecule has 226 valence electrons. The van der Waals surface area contributed by atoms with Gasteiger partial charge in [-0.2, -0.15) is 0 Å². The van der Waals surface area contributed by atoms with Crippen molar-refractivity contribution in [3.8, 4) is 0 Å². The normalized spacial score (nSPS) is 34.0. The highest BCUT2D eigenvalue weighted by molar-refractivity contribution is 6.00. The number of rotatable bonds is 7. The van der Waals surface area contributed by atoms with E-state index in [1.807, 2.05) is 66.5 Å². The summed E-state index contributed by atoms with van der Waals surface area (Å²) in [6.07, 6.45) is 13.6. The van der Waals surface area contributed by atoms with Gasteiger partial charge >= 0.3 is 0 Å². The Morgan fingerprint density at radius 3 is 2.33 bits per heavy atom. The number of aliphatic hydroxyl groups excluding tert-OH is 1. The van der Waals surface area contributed by atoms with E-state index >= 15 is 0 Å². The summed E-state index contributed by atoms with van der Waals surface area (Å²) in [5, 5.41) is 10.6. The summed E-state index contributed by atoms with van der Waals surface area (Å²) in [6, 6.07) is 8.50. The fourth-order valence-corrected chi connectivity index (χ4v) is 8.41. The smallest absolute Gasteiger partial charge is 0.249 e. The number of nitrogens with zero attached hydrogens (tertiary/aromatic N) is 3. The molecule has 6 rings (SSSR count). The minimum absolute atomic E-state index is 0.116. The van der Waals surface area contributed by atoms with Crippen LogP contribution in [0.5, 0.6) is 0 Å². The van der Waals surface area contributed by atoms with Gasteiger partial charge in [-0.3, -0.25) is 14.4 Å². The predicted molar refractivity (Wildman–Crippen MR) is 159 cm³/mol. The lowest BCUT2D eigenvalue weighted by Gasteiger charge is -2.42. The average molecular weight is 576 g/mol. The van der Waals surface area contributed by atoms with Gasteiger partial charge in [-0.25, -0.2) is 0 Å². The Morgan fingerprint density at radius 2 is 1.64 bits per heavy atom. The van der Waals surface area contributed by atoms with Crippen LogP contribution in [0.25, 0.3) is 0 Å². The lowest BCUT2D eigenvalue weighted by molar-refractivity contribution is -0.157. The van der Waals surface area contributed by atoms with Crippen molar-refractivity contribution in [1.29, 1.82) is 0 Å². The first-order valence-electron chi connectivity index (χ1n) is 15.8. The Morgan fingerprint density at radius 1 is 0.929 bits per heavy atom. The highest BCUT2D eigenvalue weighted by atomic mass is 16.5. The SMILES string of the molecule is CC(C)C[C@H](CO)N1C(=O)[C@@H]2[C@H]3C(=O)N(Cc4ccccc4)CC=C[C@@]3(C)O[C@@]23C=CCN(C2CCCCC2)C(=O)C13. The number of amides is 3. The lowest BCUT2D eigenvalue weighted by atomic mass is 9.74. The quantitative estimate of drug-likeness (QED) is 0.501. The van der Waals surface area contributed by atoms with Gasteiger partial charge in [0, 0.05) is 25.7 Å². The number of benzene rings is 1. The Labute approximate surface area is 249 Å². The number of aliphatic hydroxyl groups is 1. The molecule has 1 N–H and O–H groups in total. The molecule has 0 radical (unpaired) electrons. The van der Waals surface area contributed by atoms with Crippen molar-refractivity contribution in [2.75, 3.05) is 19.7 Å². The number of hydrogen-bond acceptors (Lipinski definition) is 5. The zero-order valence-electron chi connectivity index (χ0n) is 25.2. The van der Waals surface area contributed by atoms with Crippen molar-refractivity contribution in [3.05, 3.63) is 60.2 Å². The molecule has 1 unspecified atom stereocenters. The molecule has 4 aliphatic heterocycles. The zero-order valence-corrected chi connectivity index (χ0v) is 25.2. The number of carbonyl (C=O) groups is 3. The molecule has 4 heterocycles. The molecule has 3 amide bonds. The minimum Gasteiger partial charge on any atom is -0.394 e. The summed E-state index contributed by atoms with van der Waals surface area (Å²) < 4.78 is 6.99. The lowest BCUT2D eigenvalue weighted by Crippen LogP contribution is -2.60. The van der Waals surface area contributed by atoms with E-state index in [9.17, 15) is 19.5 Å². The zero-order chi connectivity index (χ0) is 29.6. The van der Waals surface area contributed by atoms with Gasteiger partial charge in [-0.1, -0.05) is 87.7 Å². The monoisotopic (exact) mass is 575 g/mol. The molecule has 0 aromatic heterocycles. The highest BCUT2D eigenvalue weighted by Crippen LogP contribution is 2.58. The van der Waals surface area contributed by atoms with Gasteiger partial charge in [0.05, 0.1) is 30.1 Å². The van der Waals surface area contributed by atoms with Crippen molar-refractivity contribution in [3.63, 3.8) is 0 Å². The van der Waals surface area contributed by atoms with Crippen LogP contribution in [-0.2, 0) is 25.7 Å². The van der Waals surface area contributed by atoms with Crippen LogP contribution in [0.4, 0.5) is 0 Å². The number of fused-ring (bicyclic) bond motifs is 2. The summed E-state index contributed by atoms with van der Waals surface area (Å²) in [5.41, 5.74) is -1.33. The molecule has 8 nitrogen and oxygen atoms in total. The molecule has 1 aromatic carbocycles. The summed E-state index contributed by atoms with van der Waals surface area (Å²) in [6.45, 7) is 7.04. The third-order valence-corrected chi connectivity index (χ3v) is 10.2. The fraction of sp³-hybridized carbons (Fsp3) is 0.618. The van der Waals surface area contributed by atoms with E-state index in [1.54, 1.807) is 9.80 Å². The van der Waals surface area contributed by atoms with Gasteiger partial charge in [0.2, 0.25) is 17.7 Å². The second-order valence-electron chi connectivity index (χ2n) is 13.5. The Kier molecular flexibility index (Phi) is 7.81. The first-order chi connectivity index (χ1) is 20.2. The highest BCUT2D eigenvalue weighted by Gasteiger charge is 2.75. The molecule has 3 fully saturated rings. The van der Waals surface area contributed by atoms with Crippen LogP contribution in [0.3, 0.4) is 0 Å². The van der Waals surface area contributed by atoms with E-state index in [0.29, 0.717) is 26.1 Å². The molecule has 1 saturated carbocycles. The topological polar surface area (TPSA) is 90.4 Å². The maximum absolute atomic E-state index is 14.7. The molecular formula is C34H45N3O5. The van der Waals surface area contributed by atoms with E-state index in [2.05, 4.69) is 13.8 Å². The van der Waals surface area contributed by atoms with E-state index in [0.717, 1.165) is 31.2 Å². The van der Waals surface area contributed by atoms with Crippen LogP contribution in [-0.4, -0.2) is 86.6 Å². The molecule has 5 aliphatic rings. The van der Waals surface area contributed by atoms with Crippen LogP contribution in [0.2, 0.25) is 0 Å². The molecule has 0 bridgehead atoms. The van der Waals surface area contributed by atoms with Crippen molar-refractivity contribution in [2.24, 2.45) is 17.8 Å². The number of carbonyl (C=O) groups excluding carboxylic acids is 3. The second-order valence-corrected chi connectivity index (χ2v) is 13.5. The molecule has 1 aliphatic carbocycles. The molecule has 2 saturated heterocycles. The van der Waals surface area contributed by atoms with Gasteiger partial charge in [-0.05, 0) is 37.7 Å². The van der Waals surface area contributed by atoms with Gasteiger partial charge < -0.3 is 24.5 Å². The van der Waals surface area contributed by atoms with Gasteiger partial charge in [-0.15, -0.1) is 0 Å². The average Bonchev–Trinajstić information content (AvgIpc) is 3.26. The molecule has 8 heteroatoms. The standard InChI is InChI=1S/C34H45N3O5/c1-23(2)20-26(22-38)37-29-32(41)36(25-14-8-5-9-15-25)19-11-17-34(29)28(31(37)40)27-30(39)35(18-10-16-33(27,3)42-34)21-24-12-6-4-7-13-24/h4,6-7,10-13,16-17,23,25-29,38H,5,8-9,14-15,18-22H2,1-3H3/t26-,27+,28+,29?,33-,34+/m1/s1. The maximum Gasteiger partial charge on any atom is 0.249 e. The van der Waals surface area contributed by atoms with E-state index in [1.165, 1.54) is 6.42 Å². The van der Waals surface area contributed by atoms with Crippen molar-refractivity contribution in [1.82, 2.24) is 14.7 Å². The predicted octanol–water partition coefficient (Wildman–Crippen LogP) is 3.69. The van der Waals surface area contributed by atoms with Crippen molar-refractivity contribution < 1.29 is 24.2 Å². The first kappa shape index (κ1) is 29.1. The van der Waals surface area contributed by atoms with Crippen LogP contribution >= 0.6 is 0 Å². The van der Waals surface area contributed by atoms with E-state index in [-0.39, 0.29) is 36.3 Å². The summed E-state index contributed by atoms with van der Waals surface area (Å²) in [5.74, 6) is -1.98. The number of hydrogen-bond donors (Lipinski definition) is 1. The summed E-state index contributed by atoms with van der Waals surface area (Å²) in [4.78, 5) is 49.3. The van der Waals surface area contributed by atoms with Crippen LogP contribution in [0.15, 0.2) is 54.6 Å². The third-order valence-electron chi connectivity index (χ3n) is 10.2. The number of likely N-dealkylation sites (tertiary alicyclic amines) is 1. The summed E-state index contributed by atoms with van der Waals surface area (Å²) in [7, 11) is 0. The third kappa shape index (κ3) is 4.71. The Hall–Kier alpha value is -2.97. The van der Waals surface area contributed by atoms with E-state index in [4.69, 9.17) is 4.74 Å². The Bertz CT molecular complexity index is 1260. The van der Waals surface area contributed by atoms with Crippen LogP contribution < -0.4 is 0 Å². The fourth-order valence-electron chi connectivity index (χ4n) is 8.41. The molecule has 1 spiro atoms. The molecule has 42 heavy (non-hydrogen) atoms. The Balaban J connectivity index is 1.44. The second kappa shape index (κ2) is 11.3. The van der Waals surface area contributed by atoms with Gasteiger partial charge in [0.25, 0.3) is 0 Å². The minimum atomic E-state index is -1.29. The van der Waals surface area contributed by atoms with Gasteiger partial charge in [0.1, 0.15) is 11.6 Å². The first-order valence-corrected chi connectivity index (χ1v) is 15.8. The largest absolute Gasteiger partial charge is 0.394 e. The van der Waals surface area contributed by atoms with E-state index < -0.39 is 35.1 Å². The van der Waals surface area contributed by atoms with Crippen LogP contribution in [0, 0.1) is 17.8 Å². The molecule has 6 atom stereocenters.